The summed E-state index contributed by atoms with van der Waals surface area (Å²) in [6.45, 7) is 0.0827. The predicted octanol–water partition coefficient (Wildman–Crippen LogP) is 4.14. The Morgan fingerprint density at radius 3 is 2.45 bits per heavy atom. The van der Waals surface area contributed by atoms with Crippen molar-refractivity contribution in [2.45, 2.75) is 18.8 Å². The van der Waals surface area contributed by atoms with Gasteiger partial charge in [-0.2, -0.15) is 0 Å². The maximum Gasteiger partial charge on any atom is 0.239 e. The molecule has 0 aliphatic heterocycles. The highest BCUT2D eigenvalue weighted by Gasteiger charge is 2.16. The highest BCUT2D eigenvalue weighted by atomic mass is 32.2. The summed E-state index contributed by atoms with van der Waals surface area (Å²) in [4.78, 5) is 16.7. The first-order valence-electron chi connectivity index (χ1n) is 10.2. The minimum absolute atomic E-state index is 0.0193. The summed E-state index contributed by atoms with van der Waals surface area (Å²) in [6.07, 6.45) is -0.280. The summed E-state index contributed by atoms with van der Waals surface area (Å²) in [5.41, 5.74) is 2.37. The van der Waals surface area contributed by atoms with Crippen LogP contribution < -0.4 is 9.46 Å². The molecule has 0 aliphatic rings. The molecular weight excluding hydrogens is 443 g/mol. The van der Waals surface area contributed by atoms with Crippen molar-refractivity contribution in [1.82, 2.24) is 9.71 Å². The van der Waals surface area contributed by atoms with Crippen LogP contribution in [0.15, 0.2) is 84.9 Å². The van der Waals surface area contributed by atoms with E-state index in [1.54, 1.807) is 30.3 Å². The minimum atomic E-state index is -3.85. The molecular formula is C25H21FN2O4S. The summed E-state index contributed by atoms with van der Waals surface area (Å²) in [6, 6.07) is 24.0. The van der Waals surface area contributed by atoms with Crippen LogP contribution in [0.1, 0.15) is 16.8 Å². The summed E-state index contributed by atoms with van der Waals surface area (Å²) < 4.78 is 46.4. The fraction of sp³-hybridized carbons (Fsp3) is 0.120. The lowest BCUT2D eigenvalue weighted by Crippen LogP contribution is -2.32. The Morgan fingerprint density at radius 1 is 0.909 bits per heavy atom. The van der Waals surface area contributed by atoms with E-state index in [0.717, 1.165) is 17.0 Å². The van der Waals surface area contributed by atoms with Crippen molar-refractivity contribution in [2.24, 2.45) is 0 Å². The molecule has 0 unspecified atom stereocenters. The van der Waals surface area contributed by atoms with Crippen LogP contribution in [0, 0.1) is 5.82 Å². The van der Waals surface area contributed by atoms with Crippen molar-refractivity contribution in [2.75, 3.05) is 0 Å². The number of benzene rings is 3. The molecule has 0 atom stereocenters. The highest BCUT2D eigenvalue weighted by Crippen LogP contribution is 2.21. The van der Waals surface area contributed by atoms with E-state index >= 15 is 0 Å². The van der Waals surface area contributed by atoms with Gasteiger partial charge in [0.2, 0.25) is 15.9 Å². The Balaban J connectivity index is 1.35. The van der Waals surface area contributed by atoms with E-state index in [0.29, 0.717) is 16.8 Å². The van der Waals surface area contributed by atoms with Crippen LogP contribution in [0.3, 0.4) is 0 Å². The molecule has 4 rings (SSSR count). The Labute approximate surface area is 191 Å². The first-order valence-corrected chi connectivity index (χ1v) is 11.9. The summed E-state index contributed by atoms with van der Waals surface area (Å²) in [5.74, 6) is -1.68. The molecule has 3 aromatic carbocycles. The van der Waals surface area contributed by atoms with Crippen LogP contribution in [0.25, 0.3) is 10.9 Å². The second kappa shape index (κ2) is 9.79. The molecule has 33 heavy (non-hydrogen) atoms. The molecule has 0 saturated carbocycles. The Bertz CT molecular complexity index is 1390. The fourth-order valence-electron chi connectivity index (χ4n) is 3.34. The van der Waals surface area contributed by atoms with Crippen molar-refractivity contribution < 1.29 is 22.3 Å². The normalized spacial score (nSPS) is 11.3. The summed E-state index contributed by atoms with van der Waals surface area (Å²) in [5, 5.41) is 1.00. The number of carbonyl (C=O) groups excluding carboxylic acids is 1. The number of nitrogens with one attached hydrogen (secondary N) is 1. The number of halogens is 1. The number of pyridine rings is 1. The maximum atomic E-state index is 14.5. The highest BCUT2D eigenvalue weighted by molar-refractivity contribution is 7.89. The Kier molecular flexibility index (Phi) is 6.65. The summed E-state index contributed by atoms with van der Waals surface area (Å²) >= 11 is 0. The van der Waals surface area contributed by atoms with Crippen LogP contribution >= 0.6 is 0 Å². The Morgan fingerprint density at radius 2 is 1.67 bits per heavy atom. The lowest BCUT2D eigenvalue weighted by atomic mass is 10.1. The van der Waals surface area contributed by atoms with E-state index in [1.807, 2.05) is 41.1 Å². The van der Waals surface area contributed by atoms with E-state index in [-0.39, 0.29) is 24.5 Å². The second-order valence-electron chi connectivity index (χ2n) is 7.50. The molecule has 4 aromatic rings. The van der Waals surface area contributed by atoms with E-state index in [2.05, 4.69) is 4.98 Å². The molecule has 0 bridgehead atoms. The first-order chi connectivity index (χ1) is 15.9. The zero-order chi connectivity index (χ0) is 23.3. The van der Waals surface area contributed by atoms with Crippen molar-refractivity contribution in [3.8, 4) is 5.75 Å². The molecule has 1 amide bonds. The van der Waals surface area contributed by atoms with Gasteiger partial charge in [-0.25, -0.2) is 17.8 Å². The molecule has 6 nitrogen and oxygen atoms in total. The topological polar surface area (TPSA) is 85.4 Å². The number of fused-ring (bicyclic) bond motifs is 1. The molecule has 0 saturated heterocycles. The van der Waals surface area contributed by atoms with Crippen molar-refractivity contribution >= 4 is 26.8 Å². The predicted molar refractivity (Wildman–Crippen MR) is 123 cm³/mol. The molecule has 168 valence electrons. The van der Waals surface area contributed by atoms with Gasteiger partial charge in [-0.05, 0) is 35.4 Å². The lowest BCUT2D eigenvalue weighted by molar-refractivity contribution is -0.118. The van der Waals surface area contributed by atoms with Crippen molar-refractivity contribution in [3.05, 3.63) is 108 Å². The van der Waals surface area contributed by atoms with Gasteiger partial charge in [-0.3, -0.25) is 9.52 Å². The number of para-hydroxylation sites is 1. The van der Waals surface area contributed by atoms with Crippen LogP contribution in [0.5, 0.6) is 5.75 Å². The van der Waals surface area contributed by atoms with Gasteiger partial charge in [0, 0.05) is 5.39 Å². The SMILES string of the molecule is O=C(Cc1ccc(OCc2ccc3ccccc3n2)c(F)c1)NS(=O)(=O)Cc1ccccc1. The zero-order valence-electron chi connectivity index (χ0n) is 17.6. The number of carbonyl (C=O) groups is 1. The number of ether oxygens (including phenoxy) is 1. The average molecular weight is 465 g/mol. The standard InChI is InChI=1S/C25H21FN2O4S/c26-22-14-19(15-25(29)28-33(30,31)17-18-6-2-1-3-7-18)10-13-24(22)32-16-21-12-11-20-8-4-5-9-23(20)27-21/h1-14H,15-17H2,(H,28,29). The van der Waals surface area contributed by atoms with Crippen LogP contribution in [-0.2, 0) is 33.6 Å². The molecule has 0 fully saturated rings. The molecule has 0 radical (unpaired) electrons. The smallest absolute Gasteiger partial charge is 0.239 e. The number of sulfonamides is 1. The number of nitrogens with zero attached hydrogens (tertiary/aromatic N) is 1. The number of rotatable bonds is 8. The molecule has 1 heterocycles. The molecule has 0 aliphatic carbocycles. The third kappa shape index (κ3) is 6.14. The van der Waals surface area contributed by atoms with Gasteiger partial charge in [0.15, 0.2) is 11.6 Å². The van der Waals surface area contributed by atoms with Crippen molar-refractivity contribution in [3.63, 3.8) is 0 Å². The maximum absolute atomic E-state index is 14.5. The van der Waals surface area contributed by atoms with E-state index in [1.165, 1.54) is 12.1 Å². The van der Waals surface area contributed by atoms with Crippen LogP contribution in [-0.4, -0.2) is 19.3 Å². The van der Waals surface area contributed by atoms with Crippen LogP contribution in [0.2, 0.25) is 0 Å². The van der Waals surface area contributed by atoms with E-state index in [9.17, 15) is 17.6 Å². The summed E-state index contributed by atoms with van der Waals surface area (Å²) in [7, 11) is -3.85. The molecule has 8 heteroatoms. The average Bonchev–Trinajstić information content (AvgIpc) is 2.78. The fourth-order valence-corrected chi connectivity index (χ4v) is 4.46. The lowest BCUT2D eigenvalue weighted by Gasteiger charge is -2.10. The van der Waals surface area contributed by atoms with Gasteiger partial charge in [0.1, 0.15) is 6.61 Å². The van der Waals surface area contributed by atoms with Crippen molar-refractivity contribution in [1.29, 1.82) is 0 Å². The Hall–Kier alpha value is -3.78. The number of hydrogen-bond acceptors (Lipinski definition) is 5. The number of hydrogen-bond donors (Lipinski definition) is 1. The van der Waals surface area contributed by atoms with Gasteiger partial charge in [0.05, 0.1) is 23.4 Å². The first kappa shape index (κ1) is 22.4. The minimum Gasteiger partial charge on any atom is -0.484 e. The zero-order valence-corrected chi connectivity index (χ0v) is 18.4. The van der Waals surface area contributed by atoms with Gasteiger partial charge in [-0.15, -0.1) is 0 Å². The number of amides is 1. The third-order valence-corrected chi connectivity index (χ3v) is 6.11. The second-order valence-corrected chi connectivity index (χ2v) is 9.22. The third-order valence-electron chi connectivity index (χ3n) is 4.86. The molecule has 0 spiro atoms. The van der Waals surface area contributed by atoms with E-state index in [4.69, 9.17) is 4.74 Å². The molecule has 1 aromatic heterocycles. The van der Waals surface area contributed by atoms with Crippen LogP contribution in [0.4, 0.5) is 4.39 Å². The quantitative estimate of drug-likeness (QED) is 0.424. The molecule has 1 N–H and O–H groups in total. The van der Waals surface area contributed by atoms with Gasteiger partial charge in [-0.1, -0.05) is 60.7 Å². The van der Waals surface area contributed by atoms with Gasteiger partial charge >= 0.3 is 0 Å². The van der Waals surface area contributed by atoms with Gasteiger partial charge < -0.3 is 4.74 Å². The van der Waals surface area contributed by atoms with Gasteiger partial charge in [0.25, 0.3) is 0 Å². The number of aromatic nitrogens is 1. The largest absolute Gasteiger partial charge is 0.484 e. The monoisotopic (exact) mass is 464 g/mol. The van der Waals surface area contributed by atoms with E-state index < -0.39 is 21.7 Å².